The van der Waals surface area contributed by atoms with Gasteiger partial charge in [-0.05, 0) is 36.8 Å². The molecule has 0 saturated carbocycles. The van der Waals surface area contributed by atoms with Crippen LogP contribution in [0.25, 0.3) is 16.6 Å². The average Bonchev–Trinajstić information content (AvgIpc) is 3.27. The van der Waals surface area contributed by atoms with Gasteiger partial charge in [-0.2, -0.15) is 0 Å². The summed E-state index contributed by atoms with van der Waals surface area (Å²) in [6.07, 6.45) is 2.61. The lowest BCUT2D eigenvalue weighted by atomic mass is 10.2. The molecule has 0 unspecified atom stereocenters. The number of carbonyl (C=O) groups is 1. The number of methoxy groups -OCH3 is 2. The molecule has 1 amide bonds. The summed E-state index contributed by atoms with van der Waals surface area (Å²) in [4.78, 5) is 25.5. The highest BCUT2D eigenvalue weighted by molar-refractivity contribution is 6.32. The normalized spacial score (nSPS) is 11.1. The van der Waals surface area contributed by atoms with Crippen LogP contribution in [-0.4, -0.2) is 29.1 Å². The van der Waals surface area contributed by atoms with E-state index in [9.17, 15) is 9.59 Å². The Kier molecular flexibility index (Phi) is 5.86. The predicted molar refractivity (Wildman–Crippen MR) is 122 cm³/mol. The summed E-state index contributed by atoms with van der Waals surface area (Å²) in [6, 6.07) is 14.6. The highest BCUT2D eigenvalue weighted by Crippen LogP contribution is 2.36. The first-order chi connectivity index (χ1) is 15.0. The van der Waals surface area contributed by atoms with Gasteiger partial charge < -0.3 is 23.8 Å². The molecular weight excluding hydrogens is 418 g/mol. The first-order valence-electron chi connectivity index (χ1n) is 9.83. The third-order valence-corrected chi connectivity index (χ3v) is 5.47. The second kappa shape index (κ2) is 8.73. The van der Waals surface area contributed by atoms with Gasteiger partial charge in [-0.25, -0.2) is 0 Å². The molecule has 4 rings (SSSR count). The zero-order valence-electron chi connectivity index (χ0n) is 17.2. The third kappa shape index (κ3) is 3.96. The number of nitrogens with one attached hydrogen (secondary N) is 1. The second-order valence-electron chi connectivity index (χ2n) is 7.05. The summed E-state index contributed by atoms with van der Waals surface area (Å²) in [5.41, 5.74) is 2.79. The first-order valence-corrected chi connectivity index (χ1v) is 10.2. The Morgan fingerprint density at radius 2 is 1.71 bits per heavy atom. The number of hydrogen-bond donors (Lipinski definition) is 1. The van der Waals surface area contributed by atoms with E-state index in [0.29, 0.717) is 40.7 Å². The topological polar surface area (TPSA) is 74.0 Å². The Hall–Kier alpha value is -3.45. The molecule has 0 atom stereocenters. The fourth-order valence-electron chi connectivity index (χ4n) is 3.70. The van der Waals surface area contributed by atoms with Crippen molar-refractivity contribution in [1.29, 1.82) is 0 Å². The molecule has 160 valence electrons. The molecular formula is C23H22ClN3O4. The van der Waals surface area contributed by atoms with Crippen molar-refractivity contribution in [3.05, 3.63) is 70.1 Å². The molecule has 0 bridgehead atoms. The Labute approximate surface area is 183 Å². The van der Waals surface area contributed by atoms with Gasteiger partial charge in [0.15, 0.2) is 0 Å². The number of fused-ring (bicyclic) bond motifs is 3. The number of halogens is 1. The number of para-hydroxylation sites is 2. The van der Waals surface area contributed by atoms with E-state index in [1.165, 1.54) is 14.2 Å². The predicted octanol–water partition coefficient (Wildman–Crippen LogP) is 4.34. The maximum absolute atomic E-state index is 13.0. The van der Waals surface area contributed by atoms with E-state index in [2.05, 4.69) is 5.32 Å². The van der Waals surface area contributed by atoms with Crippen molar-refractivity contribution in [2.75, 3.05) is 19.5 Å². The van der Waals surface area contributed by atoms with Crippen LogP contribution in [0.1, 0.15) is 12.8 Å². The first kappa shape index (κ1) is 20.8. The number of hydrogen-bond acceptors (Lipinski definition) is 4. The molecule has 31 heavy (non-hydrogen) atoms. The van der Waals surface area contributed by atoms with E-state index in [1.54, 1.807) is 22.8 Å². The number of aromatic nitrogens is 2. The zero-order chi connectivity index (χ0) is 22.0. The van der Waals surface area contributed by atoms with Crippen molar-refractivity contribution in [2.24, 2.45) is 0 Å². The molecule has 0 aliphatic heterocycles. The minimum Gasteiger partial charge on any atom is -0.495 e. The summed E-state index contributed by atoms with van der Waals surface area (Å²) >= 11 is 6.17. The Morgan fingerprint density at radius 1 is 1.00 bits per heavy atom. The number of ether oxygens (including phenoxy) is 2. The Morgan fingerprint density at radius 3 is 2.45 bits per heavy atom. The van der Waals surface area contributed by atoms with Gasteiger partial charge in [-0.15, -0.1) is 0 Å². The molecule has 0 aliphatic rings. The van der Waals surface area contributed by atoms with Crippen molar-refractivity contribution in [3.8, 4) is 11.5 Å². The molecule has 0 saturated heterocycles. The molecule has 8 heteroatoms. The molecule has 2 aromatic heterocycles. The van der Waals surface area contributed by atoms with Crippen molar-refractivity contribution in [2.45, 2.75) is 19.4 Å². The largest absolute Gasteiger partial charge is 0.495 e. The smallest absolute Gasteiger partial charge is 0.275 e. The molecule has 7 nitrogen and oxygen atoms in total. The fraction of sp³-hybridized carbons (Fsp3) is 0.217. The fourth-order valence-corrected chi connectivity index (χ4v) is 3.94. The summed E-state index contributed by atoms with van der Waals surface area (Å²) in [6.45, 7) is 0.426. The zero-order valence-corrected chi connectivity index (χ0v) is 18.0. The van der Waals surface area contributed by atoms with Gasteiger partial charge in [-0.3, -0.25) is 9.59 Å². The summed E-state index contributed by atoms with van der Waals surface area (Å²) in [5.74, 6) is 0.722. The second-order valence-corrected chi connectivity index (χ2v) is 7.45. The lowest BCUT2D eigenvalue weighted by Gasteiger charge is -2.14. The maximum atomic E-state index is 13.0. The van der Waals surface area contributed by atoms with Crippen molar-refractivity contribution < 1.29 is 14.3 Å². The molecule has 2 aromatic carbocycles. The minimum absolute atomic E-state index is 0.0762. The van der Waals surface area contributed by atoms with E-state index in [4.69, 9.17) is 21.1 Å². The van der Waals surface area contributed by atoms with Crippen LogP contribution < -0.4 is 20.3 Å². The maximum Gasteiger partial charge on any atom is 0.275 e. The van der Waals surface area contributed by atoms with Crippen LogP contribution in [0.4, 0.5) is 5.69 Å². The molecule has 0 fully saturated rings. The van der Waals surface area contributed by atoms with Crippen LogP contribution in [0.15, 0.2) is 59.5 Å². The van der Waals surface area contributed by atoms with Gasteiger partial charge in [-0.1, -0.05) is 23.7 Å². The van der Waals surface area contributed by atoms with Gasteiger partial charge in [0.1, 0.15) is 17.0 Å². The molecule has 0 spiro atoms. The highest BCUT2D eigenvalue weighted by Gasteiger charge is 2.14. The number of amides is 1. The van der Waals surface area contributed by atoms with E-state index in [0.717, 1.165) is 11.0 Å². The van der Waals surface area contributed by atoms with E-state index in [-0.39, 0.29) is 17.9 Å². The standard InChI is InChI=1S/C23H22ClN3O4/c1-30-20-14-21(31-2)16(13-15(20)24)25-22(28)10-6-12-27-18-8-4-3-7-17(18)26-11-5-9-19(26)23(27)29/h3-5,7-9,11,13-14H,6,10,12H2,1-2H3,(H,25,28). The third-order valence-electron chi connectivity index (χ3n) is 5.18. The summed E-state index contributed by atoms with van der Waals surface area (Å²) in [5, 5.41) is 3.19. The van der Waals surface area contributed by atoms with Crippen molar-refractivity contribution in [3.63, 3.8) is 0 Å². The molecule has 2 heterocycles. The SMILES string of the molecule is COc1cc(OC)c(NC(=O)CCCn2c(=O)c3cccn3c3ccccc32)cc1Cl. The van der Waals surface area contributed by atoms with Gasteiger partial charge in [0.25, 0.3) is 5.56 Å². The number of nitrogens with zero attached hydrogens (tertiary/aromatic N) is 2. The van der Waals surface area contributed by atoms with E-state index >= 15 is 0 Å². The quantitative estimate of drug-likeness (QED) is 0.464. The van der Waals surface area contributed by atoms with Crippen LogP contribution in [0, 0.1) is 0 Å². The monoisotopic (exact) mass is 439 g/mol. The van der Waals surface area contributed by atoms with Crippen LogP contribution >= 0.6 is 11.6 Å². The van der Waals surface area contributed by atoms with Crippen LogP contribution in [0.5, 0.6) is 11.5 Å². The van der Waals surface area contributed by atoms with Crippen molar-refractivity contribution in [1.82, 2.24) is 8.97 Å². The van der Waals surface area contributed by atoms with E-state index in [1.807, 2.05) is 40.9 Å². The Balaban J connectivity index is 1.51. The molecule has 0 radical (unpaired) electrons. The summed E-state index contributed by atoms with van der Waals surface area (Å²) in [7, 11) is 3.02. The van der Waals surface area contributed by atoms with Crippen LogP contribution in [0.2, 0.25) is 5.02 Å². The summed E-state index contributed by atoms with van der Waals surface area (Å²) < 4.78 is 14.1. The molecule has 0 aliphatic carbocycles. The number of benzene rings is 2. The minimum atomic E-state index is -0.194. The van der Waals surface area contributed by atoms with Crippen LogP contribution in [-0.2, 0) is 11.3 Å². The average molecular weight is 440 g/mol. The molecule has 1 N–H and O–H groups in total. The van der Waals surface area contributed by atoms with Gasteiger partial charge in [0, 0.05) is 25.2 Å². The van der Waals surface area contributed by atoms with Crippen molar-refractivity contribution >= 4 is 39.7 Å². The lowest BCUT2D eigenvalue weighted by molar-refractivity contribution is -0.116. The number of anilines is 1. The van der Waals surface area contributed by atoms with Gasteiger partial charge >= 0.3 is 0 Å². The highest BCUT2D eigenvalue weighted by atomic mass is 35.5. The Bertz CT molecular complexity index is 1330. The lowest BCUT2D eigenvalue weighted by Crippen LogP contribution is -2.23. The number of rotatable bonds is 7. The number of aryl methyl sites for hydroxylation is 1. The van der Waals surface area contributed by atoms with E-state index < -0.39 is 0 Å². The molecule has 4 aromatic rings. The van der Waals surface area contributed by atoms with Gasteiger partial charge in [0.05, 0.1) is 36.0 Å². The number of carbonyl (C=O) groups excluding carboxylic acids is 1. The van der Waals surface area contributed by atoms with Gasteiger partial charge in [0.2, 0.25) is 5.91 Å². The van der Waals surface area contributed by atoms with Crippen LogP contribution in [0.3, 0.4) is 0 Å².